The zero-order valence-electron chi connectivity index (χ0n) is 10.9. The molecule has 100 valence electrons. The molecule has 0 radical (unpaired) electrons. The molecule has 18 heavy (non-hydrogen) atoms. The van der Waals surface area contributed by atoms with Crippen molar-refractivity contribution in [3.63, 3.8) is 0 Å². The summed E-state index contributed by atoms with van der Waals surface area (Å²) in [6.45, 7) is 1.96. The van der Waals surface area contributed by atoms with Crippen molar-refractivity contribution in [2.45, 2.75) is 17.4 Å². The van der Waals surface area contributed by atoms with Crippen LogP contribution < -0.4 is 5.32 Å². The largest absolute Gasteiger partial charge is 0.386 e. The first-order valence-electron chi connectivity index (χ1n) is 5.63. The Balaban J connectivity index is 2.66. The van der Waals surface area contributed by atoms with E-state index in [9.17, 15) is 9.90 Å². The third-order valence-electron chi connectivity index (χ3n) is 2.44. The number of carbonyl (C=O) groups is 1. The molecule has 1 aromatic rings. The summed E-state index contributed by atoms with van der Waals surface area (Å²) in [7, 11) is 1.51. The zero-order valence-corrected chi connectivity index (χ0v) is 11.7. The second kappa shape index (κ2) is 6.78. The van der Waals surface area contributed by atoms with Gasteiger partial charge in [0, 0.05) is 18.6 Å². The minimum Gasteiger partial charge on any atom is -0.386 e. The maximum absolute atomic E-state index is 12.0. The van der Waals surface area contributed by atoms with E-state index in [0.717, 1.165) is 4.90 Å². The normalized spacial score (nSPS) is 14.0. The molecule has 0 aromatic heterocycles. The monoisotopic (exact) mass is 269 g/mol. The fourth-order valence-corrected chi connectivity index (χ4v) is 2.16. The fraction of sp³-hybridized carbons (Fsp3) is 0.462. The van der Waals surface area contributed by atoms with E-state index >= 15 is 0 Å². The molecule has 0 fully saturated rings. The summed E-state index contributed by atoms with van der Waals surface area (Å²) in [5.41, 5.74) is -0.433. The van der Waals surface area contributed by atoms with Gasteiger partial charge in [0.15, 0.2) is 0 Å². The van der Waals surface area contributed by atoms with E-state index in [4.69, 9.17) is 4.74 Å². The topological polar surface area (TPSA) is 58.6 Å². The quantitative estimate of drug-likeness (QED) is 0.769. The van der Waals surface area contributed by atoms with Crippen LogP contribution in [0.25, 0.3) is 0 Å². The lowest BCUT2D eigenvalue weighted by molar-refractivity contribution is -0.0147. The Kier molecular flexibility index (Phi) is 5.65. The van der Waals surface area contributed by atoms with Gasteiger partial charge >= 0.3 is 0 Å². The van der Waals surface area contributed by atoms with E-state index in [0.29, 0.717) is 5.56 Å². The van der Waals surface area contributed by atoms with Gasteiger partial charge in [0.2, 0.25) is 0 Å². The van der Waals surface area contributed by atoms with Gasteiger partial charge in [-0.25, -0.2) is 0 Å². The summed E-state index contributed by atoms with van der Waals surface area (Å²) in [5.74, 6) is -0.184. The number of benzene rings is 1. The number of amides is 1. The SMILES string of the molecule is COC[C@@](C)(O)CNC(=O)c1ccccc1SC. The Morgan fingerprint density at radius 2 is 2.17 bits per heavy atom. The number of hydrogen-bond donors (Lipinski definition) is 2. The number of aliphatic hydroxyl groups is 1. The first kappa shape index (κ1) is 15.0. The van der Waals surface area contributed by atoms with E-state index in [-0.39, 0.29) is 19.1 Å². The predicted molar refractivity (Wildman–Crippen MR) is 73.1 cm³/mol. The lowest BCUT2D eigenvalue weighted by Gasteiger charge is -2.22. The molecule has 0 saturated carbocycles. The maximum atomic E-state index is 12.0. The lowest BCUT2D eigenvalue weighted by atomic mass is 10.1. The van der Waals surface area contributed by atoms with Crippen LogP contribution in [0.3, 0.4) is 0 Å². The average Bonchev–Trinajstić information content (AvgIpc) is 2.36. The number of rotatable bonds is 6. The summed E-state index contributed by atoms with van der Waals surface area (Å²) in [4.78, 5) is 12.9. The van der Waals surface area contributed by atoms with Gasteiger partial charge in [-0.05, 0) is 25.3 Å². The Morgan fingerprint density at radius 3 is 2.78 bits per heavy atom. The Hall–Kier alpha value is -1.04. The number of hydrogen-bond acceptors (Lipinski definition) is 4. The highest BCUT2D eigenvalue weighted by molar-refractivity contribution is 7.98. The van der Waals surface area contributed by atoms with Crippen molar-refractivity contribution in [3.8, 4) is 0 Å². The molecule has 0 aliphatic carbocycles. The second-order valence-electron chi connectivity index (χ2n) is 4.31. The van der Waals surface area contributed by atoms with E-state index in [1.807, 2.05) is 24.5 Å². The van der Waals surface area contributed by atoms with Crippen LogP contribution in [0, 0.1) is 0 Å². The van der Waals surface area contributed by atoms with Gasteiger partial charge in [-0.15, -0.1) is 11.8 Å². The number of thioether (sulfide) groups is 1. The van der Waals surface area contributed by atoms with Crippen LogP contribution in [0.2, 0.25) is 0 Å². The lowest BCUT2D eigenvalue weighted by Crippen LogP contribution is -2.43. The molecule has 4 nitrogen and oxygen atoms in total. The van der Waals surface area contributed by atoms with Crippen LogP contribution in [0.4, 0.5) is 0 Å². The molecule has 0 aliphatic rings. The number of carbonyl (C=O) groups excluding carboxylic acids is 1. The highest BCUT2D eigenvalue weighted by atomic mass is 32.2. The predicted octanol–water partition coefficient (Wildman–Crippen LogP) is 1.54. The molecule has 1 atom stereocenters. The molecule has 0 heterocycles. The van der Waals surface area contributed by atoms with Crippen LogP contribution in [0.15, 0.2) is 29.2 Å². The molecule has 0 bridgehead atoms. The van der Waals surface area contributed by atoms with Crippen molar-refractivity contribution in [1.82, 2.24) is 5.32 Å². The van der Waals surface area contributed by atoms with E-state index in [2.05, 4.69) is 5.32 Å². The van der Waals surface area contributed by atoms with Gasteiger partial charge in [-0.3, -0.25) is 4.79 Å². The summed E-state index contributed by atoms with van der Waals surface area (Å²) in [5, 5.41) is 12.6. The van der Waals surface area contributed by atoms with E-state index in [1.165, 1.54) is 18.9 Å². The van der Waals surface area contributed by atoms with E-state index in [1.54, 1.807) is 13.0 Å². The maximum Gasteiger partial charge on any atom is 0.252 e. The first-order valence-corrected chi connectivity index (χ1v) is 6.85. The summed E-state index contributed by atoms with van der Waals surface area (Å²) >= 11 is 1.52. The summed E-state index contributed by atoms with van der Waals surface area (Å²) in [6, 6.07) is 7.38. The first-order chi connectivity index (χ1) is 8.50. The molecular weight excluding hydrogens is 250 g/mol. The highest BCUT2D eigenvalue weighted by Crippen LogP contribution is 2.19. The number of methoxy groups -OCH3 is 1. The molecule has 0 spiro atoms. The molecule has 2 N–H and O–H groups in total. The molecule has 0 unspecified atom stereocenters. The van der Waals surface area contributed by atoms with Crippen LogP contribution in [-0.2, 0) is 4.74 Å². The Bertz CT molecular complexity index is 407. The minimum atomic E-state index is -1.06. The van der Waals surface area contributed by atoms with Crippen LogP contribution in [-0.4, -0.2) is 43.1 Å². The third-order valence-corrected chi connectivity index (χ3v) is 3.23. The zero-order chi connectivity index (χ0) is 13.6. The van der Waals surface area contributed by atoms with Crippen LogP contribution >= 0.6 is 11.8 Å². The summed E-state index contributed by atoms with van der Waals surface area (Å²) in [6.07, 6.45) is 1.92. The van der Waals surface area contributed by atoms with Gasteiger partial charge in [0.25, 0.3) is 5.91 Å². The van der Waals surface area contributed by atoms with Crippen molar-refractivity contribution in [3.05, 3.63) is 29.8 Å². The van der Waals surface area contributed by atoms with Crippen molar-refractivity contribution in [2.75, 3.05) is 26.5 Å². The molecule has 1 rings (SSSR count). The standard InChI is InChI=1S/C13H19NO3S/c1-13(16,9-17-2)8-14-12(15)10-6-4-5-7-11(10)18-3/h4-7,16H,8-9H2,1-3H3,(H,14,15)/t13-/m0/s1. The van der Waals surface area contributed by atoms with Gasteiger partial charge in [-0.2, -0.15) is 0 Å². The van der Waals surface area contributed by atoms with Crippen molar-refractivity contribution in [2.24, 2.45) is 0 Å². The minimum absolute atomic E-state index is 0.155. The highest BCUT2D eigenvalue weighted by Gasteiger charge is 2.21. The van der Waals surface area contributed by atoms with Crippen LogP contribution in [0.5, 0.6) is 0 Å². The average molecular weight is 269 g/mol. The number of ether oxygens (including phenoxy) is 1. The van der Waals surface area contributed by atoms with Gasteiger partial charge < -0.3 is 15.2 Å². The smallest absolute Gasteiger partial charge is 0.252 e. The van der Waals surface area contributed by atoms with Crippen LogP contribution in [0.1, 0.15) is 17.3 Å². The molecule has 1 aromatic carbocycles. The second-order valence-corrected chi connectivity index (χ2v) is 5.16. The fourth-order valence-electron chi connectivity index (χ4n) is 1.56. The molecular formula is C13H19NO3S. The molecule has 0 aliphatic heterocycles. The summed E-state index contributed by atoms with van der Waals surface area (Å²) < 4.78 is 4.88. The van der Waals surface area contributed by atoms with E-state index < -0.39 is 5.60 Å². The van der Waals surface area contributed by atoms with Crippen molar-refractivity contribution in [1.29, 1.82) is 0 Å². The third kappa shape index (κ3) is 4.33. The van der Waals surface area contributed by atoms with Gasteiger partial charge in [0.05, 0.1) is 12.2 Å². The van der Waals surface area contributed by atoms with Crippen molar-refractivity contribution >= 4 is 17.7 Å². The Morgan fingerprint density at radius 1 is 1.50 bits per heavy atom. The van der Waals surface area contributed by atoms with Gasteiger partial charge in [0.1, 0.15) is 5.60 Å². The molecule has 5 heteroatoms. The molecule has 1 amide bonds. The van der Waals surface area contributed by atoms with Gasteiger partial charge in [-0.1, -0.05) is 12.1 Å². The number of nitrogens with one attached hydrogen (secondary N) is 1. The Labute approximate surface area is 112 Å². The molecule has 0 saturated heterocycles. The van der Waals surface area contributed by atoms with Crippen molar-refractivity contribution < 1.29 is 14.6 Å².